The Morgan fingerprint density at radius 1 is 0.973 bits per heavy atom. The lowest BCUT2D eigenvalue weighted by atomic mass is 9.82. The topological polar surface area (TPSA) is 222 Å². The summed E-state index contributed by atoms with van der Waals surface area (Å²) in [6.07, 6.45) is -1.60. The van der Waals surface area contributed by atoms with Crippen molar-refractivity contribution in [2.45, 2.75) is 93.1 Å². The number of aliphatic imine (C=N–C) groups is 1. The van der Waals surface area contributed by atoms with E-state index in [2.05, 4.69) is 10.3 Å². The first-order valence-corrected chi connectivity index (χ1v) is 13.1. The van der Waals surface area contributed by atoms with Crippen molar-refractivity contribution < 1.29 is 38.6 Å². The van der Waals surface area contributed by atoms with E-state index in [4.69, 9.17) is 51.0 Å². The number of aliphatic hydroxyl groups excluding tert-OH is 2. The van der Waals surface area contributed by atoms with Crippen molar-refractivity contribution in [1.82, 2.24) is 5.32 Å². The van der Waals surface area contributed by atoms with E-state index in [1.165, 1.54) is 0 Å². The first-order valence-electron chi connectivity index (χ1n) is 13.1. The normalized spacial score (nSPS) is 39.1. The zero-order valence-corrected chi connectivity index (χ0v) is 21.1. The average molecular weight is 531 g/mol. The second-order valence-corrected chi connectivity index (χ2v) is 9.90. The van der Waals surface area contributed by atoms with Crippen LogP contribution in [-0.4, -0.2) is 123 Å². The predicted octanol–water partition coefficient (Wildman–Crippen LogP) is -2.48. The summed E-state index contributed by atoms with van der Waals surface area (Å²) in [7, 11) is 0. The lowest BCUT2D eigenvalue weighted by molar-refractivity contribution is -0.342. The first-order chi connectivity index (χ1) is 17.9. The Balaban J connectivity index is 1.45. The number of nitrogens with one attached hydrogen (secondary N) is 2. The molecule has 4 heterocycles. The average Bonchev–Trinajstić information content (AvgIpc) is 2.87. The fourth-order valence-electron chi connectivity index (χ4n) is 5.59. The van der Waals surface area contributed by atoms with Gasteiger partial charge in [0.2, 0.25) is 0 Å². The summed E-state index contributed by atoms with van der Waals surface area (Å²) in [6.45, 7) is 1.92. The molecule has 0 unspecified atom stereocenters. The van der Waals surface area contributed by atoms with Crippen LogP contribution in [0.1, 0.15) is 32.1 Å². The van der Waals surface area contributed by atoms with Gasteiger partial charge in [-0.2, -0.15) is 0 Å². The van der Waals surface area contributed by atoms with Gasteiger partial charge in [0.15, 0.2) is 11.9 Å². The minimum absolute atomic E-state index is 0.0109. The van der Waals surface area contributed by atoms with E-state index in [9.17, 15) is 10.2 Å². The number of hydrogen-bond acceptors (Lipinski definition) is 10. The third-order valence-corrected chi connectivity index (χ3v) is 7.24. The van der Waals surface area contributed by atoms with Gasteiger partial charge in [-0.1, -0.05) is 0 Å². The third-order valence-electron chi connectivity index (χ3n) is 7.24. The maximum absolute atomic E-state index is 10.9. The van der Waals surface area contributed by atoms with Crippen molar-refractivity contribution in [3.63, 3.8) is 0 Å². The monoisotopic (exact) mass is 530 g/mol. The van der Waals surface area contributed by atoms with Gasteiger partial charge < -0.3 is 61.2 Å². The molecule has 0 aliphatic carbocycles. The van der Waals surface area contributed by atoms with Gasteiger partial charge in [0, 0.05) is 39.3 Å². The Hall–Kier alpha value is -1.78. The number of nitrogens with zero attached hydrogens (tertiary/aromatic N) is 1. The van der Waals surface area contributed by atoms with Crippen LogP contribution in [0.5, 0.6) is 0 Å². The molecular weight excluding hydrogens is 488 g/mol. The number of fused-ring (bicyclic) bond motifs is 3. The van der Waals surface area contributed by atoms with Crippen molar-refractivity contribution in [3.8, 4) is 0 Å². The summed E-state index contributed by atoms with van der Waals surface area (Å²) < 4.78 is 37.5. The lowest BCUT2D eigenvalue weighted by Gasteiger charge is -2.55. The fourth-order valence-corrected chi connectivity index (χ4v) is 5.59. The van der Waals surface area contributed by atoms with Gasteiger partial charge in [-0.3, -0.25) is 10.4 Å². The molecule has 0 spiro atoms. The third kappa shape index (κ3) is 7.00. The van der Waals surface area contributed by atoms with E-state index in [0.717, 1.165) is 12.8 Å². The van der Waals surface area contributed by atoms with Crippen molar-refractivity contribution in [1.29, 1.82) is 5.41 Å². The number of rotatable bonds is 11. The molecule has 0 aromatic carbocycles. The molecule has 0 amide bonds. The van der Waals surface area contributed by atoms with Crippen LogP contribution in [0.25, 0.3) is 0 Å². The molecule has 0 aromatic rings. The van der Waals surface area contributed by atoms with Crippen LogP contribution < -0.4 is 22.5 Å². The zero-order valence-electron chi connectivity index (χ0n) is 21.1. The standard InChI is InChI=1S/C23H42N6O8/c24-22(25)28-5-2-8-33-20-16(31)15(11-30)36-13-10-14-19(37-18(13)20)21(34-9-3-6-29-23(26)27)17-12(35-14)4-1-7-32-17/h12-21,30-31H,1-11H2,(H4,24,25,28)(H4,26,27,29)/t12-,13-,14+,15+,16+,17-,18-,19+,20-,21+/m0/s1. The lowest BCUT2D eigenvalue weighted by Crippen LogP contribution is -2.70. The quantitative estimate of drug-likeness (QED) is 0.0838. The largest absolute Gasteiger partial charge is 0.394 e. The van der Waals surface area contributed by atoms with Crippen molar-refractivity contribution >= 4 is 11.9 Å². The summed E-state index contributed by atoms with van der Waals surface area (Å²) in [5.74, 6) is -0.0679. The predicted molar refractivity (Wildman–Crippen MR) is 132 cm³/mol. The second-order valence-electron chi connectivity index (χ2n) is 9.90. The molecule has 10 N–H and O–H groups in total. The Bertz CT molecular complexity index is 774. The maximum atomic E-state index is 10.9. The molecule has 0 saturated carbocycles. The number of guanidine groups is 2. The first kappa shape index (κ1) is 28.2. The number of hydrogen-bond donors (Lipinski definition) is 7. The molecule has 4 aliphatic rings. The molecule has 0 aromatic heterocycles. The number of aliphatic hydroxyl groups is 2. The molecule has 0 bridgehead atoms. The van der Waals surface area contributed by atoms with Crippen LogP contribution in [0, 0.1) is 5.41 Å². The molecule has 10 atom stereocenters. The Morgan fingerprint density at radius 2 is 1.70 bits per heavy atom. The molecule has 4 saturated heterocycles. The zero-order chi connectivity index (χ0) is 26.4. The second kappa shape index (κ2) is 13.3. The van der Waals surface area contributed by atoms with Crippen LogP contribution in [-0.2, 0) is 28.4 Å². The highest BCUT2D eigenvalue weighted by atomic mass is 16.6. The van der Waals surface area contributed by atoms with E-state index >= 15 is 0 Å². The van der Waals surface area contributed by atoms with E-state index in [0.29, 0.717) is 52.2 Å². The minimum atomic E-state index is -1.08. The van der Waals surface area contributed by atoms with Crippen LogP contribution in [0.4, 0.5) is 0 Å². The van der Waals surface area contributed by atoms with Gasteiger partial charge in [-0.25, -0.2) is 0 Å². The molecule has 212 valence electrons. The Kier molecular flexibility index (Phi) is 10.2. The molecule has 4 fully saturated rings. The Morgan fingerprint density at radius 3 is 2.46 bits per heavy atom. The van der Waals surface area contributed by atoms with E-state index in [1.807, 2.05) is 0 Å². The summed E-state index contributed by atoms with van der Waals surface area (Å²) in [5.41, 5.74) is 16.1. The van der Waals surface area contributed by atoms with E-state index in [1.54, 1.807) is 0 Å². The Labute approximate surface area is 216 Å². The van der Waals surface area contributed by atoms with E-state index < -0.39 is 36.6 Å². The van der Waals surface area contributed by atoms with Crippen LogP contribution in [0.2, 0.25) is 0 Å². The summed E-state index contributed by atoms with van der Waals surface area (Å²) >= 11 is 0. The van der Waals surface area contributed by atoms with E-state index in [-0.39, 0.29) is 42.9 Å². The summed E-state index contributed by atoms with van der Waals surface area (Å²) in [4.78, 5) is 3.96. The molecule has 4 rings (SSSR count). The van der Waals surface area contributed by atoms with Crippen molar-refractivity contribution in [2.75, 3.05) is 39.5 Å². The summed E-state index contributed by atoms with van der Waals surface area (Å²) in [5, 5.41) is 30.8. The van der Waals surface area contributed by atoms with Gasteiger partial charge in [0.1, 0.15) is 42.7 Å². The minimum Gasteiger partial charge on any atom is -0.394 e. The summed E-state index contributed by atoms with van der Waals surface area (Å²) in [6, 6.07) is 0. The highest BCUT2D eigenvalue weighted by Crippen LogP contribution is 2.41. The van der Waals surface area contributed by atoms with Crippen LogP contribution >= 0.6 is 0 Å². The van der Waals surface area contributed by atoms with Gasteiger partial charge in [-0.05, 0) is 25.7 Å². The smallest absolute Gasteiger partial charge is 0.185 e. The number of nitrogens with two attached hydrogens (primary N) is 3. The highest BCUT2D eigenvalue weighted by Gasteiger charge is 2.57. The van der Waals surface area contributed by atoms with Gasteiger partial charge >= 0.3 is 0 Å². The molecule has 14 nitrogen and oxygen atoms in total. The molecule has 37 heavy (non-hydrogen) atoms. The van der Waals surface area contributed by atoms with Crippen molar-refractivity contribution in [3.05, 3.63) is 0 Å². The van der Waals surface area contributed by atoms with Crippen molar-refractivity contribution in [2.24, 2.45) is 22.2 Å². The SMILES string of the molecule is N=C(N)NCCCO[C@@H]1[C@H]2OCCC[C@@H]2O[C@@H]2C[C@@H]3O[C@H](CO)[C@@H](O)[C@H](OCCCN=C(N)N)[C@H]3O[C@@H]12. The molecule has 0 radical (unpaired) electrons. The van der Waals surface area contributed by atoms with Crippen LogP contribution in [0.3, 0.4) is 0 Å². The molecule has 14 heteroatoms. The fraction of sp³-hybridized carbons (Fsp3) is 0.913. The molecule has 4 aliphatic heterocycles. The van der Waals surface area contributed by atoms with Crippen LogP contribution in [0.15, 0.2) is 4.99 Å². The number of ether oxygens (including phenoxy) is 6. The van der Waals surface area contributed by atoms with Gasteiger partial charge in [0.25, 0.3) is 0 Å². The maximum Gasteiger partial charge on any atom is 0.185 e. The van der Waals surface area contributed by atoms with Gasteiger partial charge in [-0.15, -0.1) is 0 Å². The van der Waals surface area contributed by atoms with Gasteiger partial charge in [0.05, 0.1) is 24.9 Å². The molecular formula is C23H42N6O8. The highest BCUT2D eigenvalue weighted by molar-refractivity contribution is 5.75.